The van der Waals surface area contributed by atoms with E-state index in [0.29, 0.717) is 18.7 Å². The Morgan fingerprint density at radius 2 is 2.21 bits per heavy atom. The lowest BCUT2D eigenvalue weighted by Crippen LogP contribution is -2.35. The van der Waals surface area contributed by atoms with Gasteiger partial charge in [0, 0.05) is 6.42 Å². The van der Waals surface area contributed by atoms with Crippen LogP contribution in [0.1, 0.15) is 31.4 Å². The summed E-state index contributed by atoms with van der Waals surface area (Å²) < 4.78 is 10.5. The van der Waals surface area contributed by atoms with Crippen molar-refractivity contribution in [3.63, 3.8) is 0 Å². The average Bonchev–Trinajstić information content (AvgIpc) is 3.04. The summed E-state index contributed by atoms with van der Waals surface area (Å²) in [6, 6.07) is 0. The Bertz CT molecular complexity index is 470. The van der Waals surface area contributed by atoms with Crippen molar-refractivity contribution < 1.29 is 23.8 Å². The molecule has 1 aliphatic heterocycles. The largest absolute Gasteiger partial charge is 0.479 e. The Morgan fingerprint density at radius 3 is 2.79 bits per heavy atom. The molecule has 1 amide bonds. The number of hydrogen-bond acceptors (Lipinski definition) is 5. The number of nitrogens with one attached hydrogen (secondary N) is 1. The number of aliphatic carboxylic acids is 1. The number of ether oxygens (including phenoxy) is 1. The van der Waals surface area contributed by atoms with Gasteiger partial charge in [-0.15, -0.1) is 0 Å². The third-order valence-electron chi connectivity index (χ3n) is 2.95. The molecule has 0 spiro atoms. The highest BCUT2D eigenvalue weighted by Gasteiger charge is 2.34. The zero-order chi connectivity index (χ0) is 13.8. The van der Waals surface area contributed by atoms with Crippen molar-refractivity contribution in [3.05, 3.63) is 17.8 Å². The zero-order valence-electron chi connectivity index (χ0n) is 10.6. The van der Waals surface area contributed by atoms with Gasteiger partial charge in [0.05, 0.1) is 12.7 Å². The average molecular weight is 268 g/mol. The van der Waals surface area contributed by atoms with Gasteiger partial charge in [-0.25, -0.2) is 9.78 Å². The van der Waals surface area contributed by atoms with Gasteiger partial charge in [0.2, 0.25) is 11.8 Å². The van der Waals surface area contributed by atoms with Gasteiger partial charge in [0.15, 0.2) is 6.10 Å². The second-order valence-electron chi connectivity index (χ2n) is 4.32. The van der Waals surface area contributed by atoms with Crippen molar-refractivity contribution in [2.24, 2.45) is 0 Å². The van der Waals surface area contributed by atoms with Gasteiger partial charge < -0.3 is 19.6 Å². The van der Waals surface area contributed by atoms with E-state index in [0.717, 1.165) is 12.2 Å². The number of carboxylic acids is 1. The molecule has 7 heteroatoms. The Balaban J connectivity index is 1.80. The van der Waals surface area contributed by atoms with Crippen LogP contribution in [-0.4, -0.2) is 34.2 Å². The van der Waals surface area contributed by atoms with Crippen molar-refractivity contribution in [2.75, 3.05) is 0 Å². The minimum atomic E-state index is -1.03. The normalized spacial score (nSPS) is 22.4. The van der Waals surface area contributed by atoms with Crippen LogP contribution in [0.4, 0.5) is 0 Å². The van der Waals surface area contributed by atoms with E-state index in [-0.39, 0.29) is 12.5 Å². The molecule has 0 aromatic carbocycles. The maximum Gasteiger partial charge on any atom is 0.332 e. The summed E-state index contributed by atoms with van der Waals surface area (Å²) >= 11 is 0. The fourth-order valence-corrected chi connectivity index (χ4v) is 1.88. The molecule has 1 fully saturated rings. The van der Waals surface area contributed by atoms with Crippen LogP contribution in [0.15, 0.2) is 10.6 Å². The number of carbonyl (C=O) groups is 2. The van der Waals surface area contributed by atoms with Crippen LogP contribution in [-0.2, 0) is 27.3 Å². The second kappa shape index (κ2) is 5.83. The molecule has 19 heavy (non-hydrogen) atoms. The van der Waals surface area contributed by atoms with Crippen LogP contribution in [0, 0.1) is 0 Å². The molecular formula is C12H16N2O5. The van der Waals surface area contributed by atoms with Crippen molar-refractivity contribution in [3.8, 4) is 0 Å². The van der Waals surface area contributed by atoms with Gasteiger partial charge in [-0.3, -0.25) is 4.79 Å². The predicted molar refractivity (Wildman–Crippen MR) is 63.3 cm³/mol. The van der Waals surface area contributed by atoms with E-state index in [1.807, 2.05) is 6.92 Å². The number of aryl methyl sites for hydroxylation is 1. The minimum Gasteiger partial charge on any atom is -0.479 e. The molecular weight excluding hydrogens is 252 g/mol. The Hall–Kier alpha value is -1.89. The number of nitrogens with zero attached hydrogens (tertiary/aromatic N) is 1. The SMILES string of the molecule is CCc1cnc(CNC(=O)[C@@H]2CC[C@H](C(=O)O)O2)o1. The Morgan fingerprint density at radius 1 is 1.47 bits per heavy atom. The molecule has 2 N–H and O–H groups in total. The van der Waals surface area contributed by atoms with Crippen LogP contribution >= 0.6 is 0 Å². The molecule has 0 unspecified atom stereocenters. The Labute approximate surface area is 110 Å². The highest BCUT2D eigenvalue weighted by Crippen LogP contribution is 2.20. The van der Waals surface area contributed by atoms with Crippen LogP contribution in [0.3, 0.4) is 0 Å². The van der Waals surface area contributed by atoms with E-state index in [4.69, 9.17) is 14.3 Å². The standard InChI is InChI=1S/C12H16N2O5/c1-2-7-5-13-10(18-7)6-14-11(15)8-3-4-9(19-8)12(16)17/h5,8-9H,2-4,6H2,1H3,(H,14,15)(H,16,17)/t8-,9+/m0/s1. The van der Waals surface area contributed by atoms with Gasteiger partial charge in [-0.1, -0.05) is 6.92 Å². The monoisotopic (exact) mass is 268 g/mol. The highest BCUT2D eigenvalue weighted by atomic mass is 16.5. The van der Waals surface area contributed by atoms with Crippen LogP contribution in [0.25, 0.3) is 0 Å². The number of oxazole rings is 1. The Kier molecular flexibility index (Phi) is 4.16. The molecule has 0 bridgehead atoms. The lowest BCUT2D eigenvalue weighted by Gasteiger charge is -2.10. The first kappa shape index (κ1) is 13.5. The minimum absolute atomic E-state index is 0.177. The third-order valence-corrected chi connectivity index (χ3v) is 2.95. The van der Waals surface area contributed by atoms with Gasteiger partial charge in [-0.05, 0) is 12.8 Å². The number of hydrogen-bond donors (Lipinski definition) is 2. The molecule has 0 radical (unpaired) electrons. The lowest BCUT2D eigenvalue weighted by molar-refractivity contribution is -0.151. The van der Waals surface area contributed by atoms with Gasteiger partial charge >= 0.3 is 5.97 Å². The summed E-state index contributed by atoms with van der Waals surface area (Å²) in [5.41, 5.74) is 0. The first-order chi connectivity index (χ1) is 9.10. The number of carboxylic acid groups (broad SMARTS) is 1. The maximum atomic E-state index is 11.8. The molecule has 2 rings (SSSR count). The summed E-state index contributed by atoms with van der Waals surface area (Å²) in [5, 5.41) is 11.4. The first-order valence-corrected chi connectivity index (χ1v) is 6.19. The molecule has 1 aromatic heterocycles. The van der Waals surface area contributed by atoms with E-state index in [2.05, 4.69) is 10.3 Å². The van der Waals surface area contributed by atoms with Gasteiger partial charge in [0.25, 0.3) is 0 Å². The molecule has 0 aliphatic carbocycles. The molecule has 1 aromatic rings. The molecule has 2 atom stereocenters. The van der Waals surface area contributed by atoms with Crippen molar-refractivity contribution in [2.45, 2.75) is 44.9 Å². The molecule has 104 valence electrons. The van der Waals surface area contributed by atoms with E-state index >= 15 is 0 Å². The van der Waals surface area contributed by atoms with E-state index in [9.17, 15) is 9.59 Å². The molecule has 1 aliphatic rings. The fourth-order valence-electron chi connectivity index (χ4n) is 1.88. The smallest absolute Gasteiger partial charge is 0.332 e. The number of amides is 1. The third kappa shape index (κ3) is 3.31. The van der Waals surface area contributed by atoms with Gasteiger partial charge in [0.1, 0.15) is 11.9 Å². The van der Waals surface area contributed by atoms with Crippen molar-refractivity contribution in [1.29, 1.82) is 0 Å². The zero-order valence-corrected chi connectivity index (χ0v) is 10.6. The first-order valence-electron chi connectivity index (χ1n) is 6.19. The van der Waals surface area contributed by atoms with Crippen molar-refractivity contribution >= 4 is 11.9 Å². The van der Waals surface area contributed by atoms with E-state index < -0.39 is 18.2 Å². The maximum absolute atomic E-state index is 11.8. The van der Waals surface area contributed by atoms with E-state index in [1.54, 1.807) is 6.20 Å². The number of rotatable bonds is 5. The second-order valence-corrected chi connectivity index (χ2v) is 4.32. The summed E-state index contributed by atoms with van der Waals surface area (Å²) in [7, 11) is 0. The molecule has 7 nitrogen and oxygen atoms in total. The van der Waals surface area contributed by atoms with Crippen LogP contribution in [0.5, 0.6) is 0 Å². The van der Waals surface area contributed by atoms with E-state index in [1.165, 1.54) is 0 Å². The van der Waals surface area contributed by atoms with Crippen molar-refractivity contribution in [1.82, 2.24) is 10.3 Å². The summed E-state index contributed by atoms with van der Waals surface area (Å²) in [5.74, 6) is -0.180. The topological polar surface area (TPSA) is 102 Å². The van der Waals surface area contributed by atoms with Gasteiger partial charge in [-0.2, -0.15) is 0 Å². The van der Waals surface area contributed by atoms with Crippen LogP contribution < -0.4 is 5.32 Å². The quantitative estimate of drug-likeness (QED) is 0.805. The molecule has 2 heterocycles. The fraction of sp³-hybridized carbons (Fsp3) is 0.583. The highest BCUT2D eigenvalue weighted by molar-refractivity contribution is 5.82. The lowest BCUT2D eigenvalue weighted by atomic mass is 10.2. The summed E-state index contributed by atoms with van der Waals surface area (Å²) in [4.78, 5) is 26.5. The summed E-state index contributed by atoms with van der Waals surface area (Å²) in [6.07, 6.45) is 1.54. The molecule has 0 saturated carbocycles. The summed E-state index contributed by atoms with van der Waals surface area (Å²) in [6.45, 7) is 2.12. The number of carbonyl (C=O) groups excluding carboxylic acids is 1. The number of aromatic nitrogens is 1. The molecule has 1 saturated heterocycles. The van der Waals surface area contributed by atoms with Crippen LogP contribution in [0.2, 0.25) is 0 Å². The predicted octanol–water partition coefficient (Wildman–Crippen LogP) is 0.485.